The topological polar surface area (TPSA) is 38.2 Å². The summed E-state index contributed by atoms with van der Waals surface area (Å²) in [5, 5.41) is 5.17. The van der Waals surface area contributed by atoms with Gasteiger partial charge in [0.25, 0.3) is 5.17 Å². The summed E-state index contributed by atoms with van der Waals surface area (Å²) in [6, 6.07) is 22.7. The number of ether oxygens (including phenoxy) is 1. The molecule has 0 bridgehead atoms. The third-order valence-corrected chi connectivity index (χ3v) is 6.88. The van der Waals surface area contributed by atoms with Gasteiger partial charge in [0.2, 0.25) is 0 Å². The zero-order chi connectivity index (χ0) is 21.7. The largest absolute Gasteiger partial charge is 0.432 e. The van der Waals surface area contributed by atoms with Gasteiger partial charge in [-0.2, -0.15) is 0 Å². The second-order valence-corrected chi connectivity index (χ2v) is 9.05. The summed E-state index contributed by atoms with van der Waals surface area (Å²) in [5.41, 5.74) is 3.50. The number of fused-ring (bicyclic) bond motifs is 7. The van der Waals surface area contributed by atoms with E-state index in [9.17, 15) is 0 Å². The van der Waals surface area contributed by atoms with Crippen LogP contribution in [0.25, 0.3) is 43.6 Å². The van der Waals surface area contributed by atoms with E-state index >= 15 is 0 Å². The molecule has 32 heavy (non-hydrogen) atoms. The average molecular weight is 438 g/mol. The summed E-state index contributed by atoms with van der Waals surface area (Å²) < 4.78 is 6.06. The molecule has 4 aromatic carbocycles. The van der Waals surface area contributed by atoms with Crippen LogP contribution in [0.1, 0.15) is 19.8 Å². The van der Waals surface area contributed by atoms with Crippen LogP contribution in [0.4, 0.5) is 0 Å². The van der Waals surface area contributed by atoms with E-state index in [1.807, 2.05) is 18.2 Å². The first-order valence-corrected chi connectivity index (χ1v) is 11.6. The fourth-order valence-corrected chi connectivity index (χ4v) is 4.96. The van der Waals surface area contributed by atoms with Gasteiger partial charge in [0, 0.05) is 29.9 Å². The van der Waals surface area contributed by atoms with Gasteiger partial charge in [0.1, 0.15) is 5.75 Å². The van der Waals surface area contributed by atoms with Gasteiger partial charge in [-0.3, -0.25) is 0 Å². The zero-order valence-corrected chi connectivity index (χ0v) is 18.7. The van der Waals surface area contributed by atoms with Crippen molar-refractivity contribution in [2.24, 2.45) is 5.92 Å². The van der Waals surface area contributed by atoms with Crippen LogP contribution in [0.15, 0.2) is 66.7 Å². The summed E-state index contributed by atoms with van der Waals surface area (Å²) in [6.45, 7) is 4.20. The highest BCUT2D eigenvalue weighted by molar-refractivity contribution is 7.80. The minimum Gasteiger partial charge on any atom is -0.432 e. The first-order valence-electron chi connectivity index (χ1n) is 11.1. The molecule has 1 aliphatic rings. The number of aromatic nitrogens is 2. The maximum atomic E-state index is 6.06. The van der Waals surface area contributed by atoms with E-state index < -0.39 is 0 Å². The smallest absolute Gasteiger partial charge is 0.264 e. The van der Waals surface area contributed by atoms with Crippen molar-refractivity contribution in [1.82, 2.24) is 14.9 Å². The molecule has 0 unspecified atom stereocenters. The van der Waals surface area contributed by atoms with Crippen molar-refractivity contribution in [3.05, 3.63) is 66.7 Å². The van der Waals surface area contributed by atoms with Crippen molar-refractivity contribution in [2.75, 3.05) is 13.1 Å². The summed E-state index contributed by atoms with van der Waals surface area (Å²) in [4.78, 5) is 12.2. The number of piperidine rings is 1. The van der Waals surface area contributed by atoms with Crippen LogP contribution in [-0.2, 0) is 0 Å². The summed E-state index contributed by atoms with van der Waals surface area (Å²) in [6.07, 6.45) is 2.30. The van der Waals surface area contributed by atoms with Gasteiger partial charge in [-0.05, 0) is 53.9 Å². The number of hydrogen-bond donors (Lipinski definition) is 0. The lowest BCUT2D eigenvalue weighted by Gasteiger charge is -2.31. The molecule has 0 saturated carbocycles. The van der Waals surface area contributed by atoms with E-state index in [1.165, 1.54) is 10.8 Å². The molecule has 1 fully saturated rings. The monoisotopic (exact) mass is 437 g/mol. The first kappa shape index (κ1) is 19.4. The molecular formula is C27H23N3OS. The molecule has 0 radical (unpaired) electrons. The minimum absolute atomic E-state index is 0.543. The molecule has 1 aromatic heterocycles. The van der Waals surface area contributed by atoms with Crippen molar-refractivity contribution in [3.63, 3.8) is 0 Å². The Morgan fingerprint density at radius 1 is 0.812 bits per heavy atom. The van der Waals surface area contributed by atoms with Gasteiger partial charge in [0.15, 0.2) is 0 Å². The number of hydrogen-bond acceptors (Lipinski definition) is 4. The third kappa shape index (κ3) is 3.24. The van der Waals surface area contributed by atoms with E-state index in [0.29, 0.717) is 10.9 Å². The van der Waals surface area contributed by atoms with Crippen LogP contribution < -0.4 is 4.74 Å². The molecule has 2 heterocycles. The van der Waals surface area contributed by atoms with Crippen LogP contribution >= 0.6 is 12.2 Å². The Hall–Kier alpha value is -3.31. The van der Waals surface area contributed by atoms with Crippen LogP contribution in [0, 0.1) is 5.92 Å². The minimum atomic E-state index is 0.543. The SMILES string of the molecule is CC1CCN(C(=S)Oc2ccc3nc4c5ccccc5c5ccccc5c4nc3c2)CC1. The highest BCUT2D eigenvalue weighted by Crippen LogP contribution is 2.34. The molecule has 1 aliphatic heterocycles. The van der Waals surface area contributed by atoms with Gasteiger partial charge in [-0.1, -0.05) is 55.5 Å². The Morgan fingerprint density at radius 3 is 2.00 bits per heavy atom. The molecule has 0 amide bonds. The van der Waals surface area contributed by atoms with E-state index in [0.717, 1.165) is 64.7 Å². The average Bonchev–Trinajstić information content (AvgIpc) is 2.83. The molecule has 0 aliphatic carbocycles. The van der Waals surface area contributed by atoms with E-state index in [4.69, 9.17) is 26.9 Å². The Morgan fingerprint density at radius 2 is 1.38 bits per heavy atom. The van der Waals surface area contributed by atoms with Crippen molar-refractivity contribution >= 4 is 61.0 Å². The lowest BCUT2D eigenvalue weighted by atomic mass is 9.99. The standard InChI is InChI=1S/C27H23N3OS/c1-17-12-14-30(15-13-17)27(32)31-18-10-11-23-24(16-18)29-26-22-9-5-3-7-20(22)19-6-2-4-8-21(19)25(26)28-23/h2-11,16-17H,12-15H2,1H3. The maximum Gasteiger partial charge on any atom is 0.264 e. The van der Waals surface area contributed by atoms with E-state index in [2.05, 4.69) is 60.4 Å². The van der Waals surface area contributed by atoms with Crippen LogP contribution in [0.2, 0.25) is 0 Å². The predicted octanol–water partition coefficient (Wildman–Crippen LogP) is 6.49. The normalized spacial score (nSPS) is 15.1. The first-order chi connectivity index (χ1) is 15.7. The lowest BCUT2D eigenvalue weighted by Crippen LogP contribution is -2.39. The number of thiocarbonyl (C=S) groups is 1. The van der Waals surface area contributed by atoms with E-state index in [1.54, 1.807) is 0 Å². The van der Waals surface area contributed by atoms with Gasteiger partial charge in [-0.15, -0.1) is 0 Å². The van der Waals surface area contributed by atoms with Gasteiger partial charge in [0.05, 0.1) is 22.1 Å². The van der Waals surface area contributed by atoms with Gasteiger partial charge >= 0.3 is 0 Å². The van der Waals surface area contributed by atoms with Gasteiger partial charge < -0.3 is 9.64 Å². The van der Waals surface area contributed by atoms with Crippen molar-refractivity contribution in [1.29, 1.82) is 0 Å². The molecule has 5 aromatic rings. The second kappa shape index (κ2) is 7.68. The Kier molecular flexibility index (Phi) is 4.65. The number of likely N-dealkylation sites (tertiary alicyclic amines) is 1. The number of benzene rings is 4. The molecule has 0 N–H and O–H groups in total. The Bertz CT molecular complexity index is 1510. The molecule has 4 nitrogen and oxygen atoms in total. The van der Waals surface area contributed by atoms with Crippen LogP contribution in [0.3, 0.4) is 0 Å². The molecular weight excluding hydrogens is 414 g/mol. The summed E-state index contributed by atoms with van der Waals surface area (Å²) in [5.74, 6) is 1.46. The number of nitrogens with zero attached hydrogens (tertiary/aromatic N) is 3. The van der Waals surface area contributed by atoms with Gasteiger partial charge in [-0.25, -0.2) is 9.97 Å². The third-order valence-electron chi connectivity index (χ3n) is 6.54. The Balaban J connectivity index is 1.46. The highest BCUT2D eigenvalue weighted by Gasteiger charge is 2.19. The van der Waals surface area contributed by atoms with Crippen molar-refractivity contribution in [3.8, 4) is 5.75 Å². The molecule has 6 rings (SSSR count). The second-order valence-electron chi connectivity index (χ2n) is 8.70. The quantitative estimate of drug-likeness (QED) is 0.170. The van der Waals surface area contributed by atoms with Crippen LogP contribution in [-0.4, -0.2) is 33.1 Å². The predicted molar refractivity (Wildman–Crippen MR) is 135 cm³/mol. The maximum absolute atomic E-state index is 6.06. The fourth-order valence-electron chi connectivity index (χ4n) is 4.68. The van der Waals surface area contributed by atoms with Crippen molar-refractivity contribution in [2.45, 2.75) is 19.8 Å². The summed E-state index contributed by atoms with van der Waals surface area (Å²) >= 11 is 5.58. The highest BCUT2D eigenvalue weighted by atomic mass is 32.1. The number of rotatable bonds is 1. The molecule has 0 atom stereocenters. The van der Waals surface area contributed by atoms with E-state index in [-0.39, 0.29) is 0 Å². The Labute approximate surface area is 191 Å². The zero-order valence-electron chi connectivity index (χ0n) is 17.9. The summed E-state index contributed by atoms with van der Waals surface area (Å²) in [7, 11) is 0. The lowest BCUT2D eigenvalue weighted by molar-refractivity contribution is 0.254. The van der Waals surface area contributed by atoms with Crippen LogP contribution in [0.5, 0.6) is 5.75 Å². The van der Waals surface area contributed by atoms with Crippen molar-refractivity contribution < 1.29 is 4.74 Å². The fraction of sp³-hybridized carbons (Fsp3) is 0.222. The molecule has 1 saturated heterocycles. The molecule has 5 heteroatoms. The molecule has 0 spiro atoms. The molecule has 158 valence electrons.